The first kappa shape index (κ1) is 15.0. The fraction of sp³-hybridized carbons (Fsp3) is 0.0833. The summed E-state index contributed by atoms with van der Waals surface area (Å²) in [6, 6.07) is 6.39. The van der Waals surface area contributed by atoms with Crippen molar-refractivity contribution in [3.8, 4) is 12.1 Å². The Bertz CT molecular complexity index is 613. The molecule has 0 spiro atoms. The summed E-state index contributed by atoms with van der Waals surface area (Å²) in [6.07, 6.45) is 1.19. The van der Waals surface area contributed by atoms with Crippen molar-refractivity contribution < 1.29 is 9.53 Å². The molecule has 0 unspecified atom stereocenters. The van der Waals surface area contributed by atoms with Gasteiger partial charge in [0.1, 0.15) is 17.7 Å². The van der Waals surface area contributed by atoms with Gasteiger partial charge in [0.05, 0.1) is 18.4 Å². The molecule has 1 aromatic rings. The summed E-state index contributed by atoms with van der Waals surface area (Å²) < 4.78 is 5.14. The molecule has 0 atom stereocenters. The minimum atomic E-state index is -0.588. The number of nitrogens with zero attached hydrogens (tertiary/aromatic N) is 2. The van der Waals surface area contributed by atoms with Gasteiger partial charge in [-0.1, -0.05) is 11.6 Å². The quantitative estimate of drug-likeness (QED) is 0.674. The van der Waals surface area contributed by atoms with Crippen LogP contribution < -0.4 is 5.32 Å². The molecule has 0 aliphatic rings. The molecule has 1 aromatic carbocycles. The number of hydrogen-bond donors (Lipinski definition) is 1. The Morgan fingerprint density at radius 2 is 2.11 bits per heavy atom. The smallest absolute Gasteiger partial charge is 0.340 e. The highest BCUT2D eigenvalue weighted by atomic mass is 79.9. The second-order valence-electron chi connectivity index (χ2n) is 3.23. The van der Waals surface area contributed by atoms with E-state index < -0.39 is 5.97 Å². The van der Waals surface area contributed by atoms with Crippen molar-refractivity contribution in [2.45, 2.75) is 0 Å². The molecule has 19 heavy (non-hydrogen) atoms. The van der Waals surface area contributed by atoms with E-state index in [1.165, 1.54) is 19.4 Å². The Morgan fingerprint density at radius 3 is 2.63 bits per heavy atom. The van der Waals surface area contributed by atoms with Crippen molar-refractivity contribution in [3.63, 3.8) is 0 Å². The van der Waals surface area contributed by atoms with Crippen molar-refractivity contribution in [2.75, 3.05) is 12.4 Å². The van der Waals surface area contributed by atoms with Crippen LogP contribution in [0.5, 0.6) is 0 Å². The predicted octanol–water partition coefficient (Wildman–Crippen LogP) is 3.23. The van der Waals surface area contributed by atoms with E-state index in [0.717, 1.165) is 0 Å². The lowest BCUT2D eigenvalue weighted by molar-refractivity contribution is 0.0602. The van der Waals surface area contributed by atoms with E-state index in [-0.39, 0.29) is 11.1 Å². The first-order valence-corrected chi connectivity index (χ1v) is 6.04. The second-order valence-corrected chi connectivity index (χ2v) is 4.52. The zero-order chi connectivity index (χ0) is 14.4. The van der Waals surface area contributed by atoms with Crippen molar-refractivity contribution in [3.05, 3.63) is 39.0 Å². The minimum absolute atomic E-state index is 0.127. The van der Waals surface area contributed by atoms with Crippen LogP contribution in [-0.4, -0.2) is 13.1 Å². The molecule has 0 amide bonds. The maximum absolute atomic E-state index is 11.6. The highest BCUT2D eigenvalue weighted by molar-refractivity contribution is 9.10. The van der Waals surface area contributed by atoms with Gasteiger partial charge in [-0.2, -0.15) is 10.5 Å². The van der Waals surface area contributed by atoms with E-state index in [1.54, 1.807) is 18.2 Å². The van der Waals surface area contributed by atoms with Gasteiger partial charge in [-0.05, 0) is 28.1 Å². The number of nitriles is 2. The molecule has 7 heteroatoms. The third-order valence-corrected chi connectivity index (χ3v) is 2.91. The van der Waals surface area contributed by atoms with Crippen LogP contribution in [-0.2, 0) is 4.74 Å². The number of carbonyl (C=O) groups excluding carboxylic acids is 1. The lowest BCUT2D eigenvalue weighted by Crippen LogP contribution is -2.06. The highest BCUT2D eigenvalue weighted by Crippen LogP contribution is 2.31. The summed E-state index contributed by atoms with van der Waals surface area (Å²) in [4.78, 5) is 11.6. The van der Waals surface area contributed by atoms with Crippen molar-refractivity contribution >= 4 is 39.2 Å². The first-order chi connectivity index (χ1) is 9.03. The Labute approximate surface area is 123 Å². The number of rotatable bonds is 3. The maximum atomic E-state index is 11.6. The largest absolute Gasteiger partial charge is 0.465 e. The average Bonchev–Trinajstić information content (AvgIpc) is 2.40. The van der Waals surface area contributed by atoms with Crippen LogP contribution in [0, 0.1) is 22.7 Å². The van der Waals surface area contributed by atoms with Gasteiger partial charge in [-0.15, -0.1) is 0 Å². The highest BCUT2D eigenvalue weighted by Gasteiger charge is 2.15. The van der Waals surface area contributed by atoms with Gasteiger partial charge in [0, 0.05) is 15.7 Å². The molecule has 0 bridgehead atoms. The van der Waals surface area contributed by atoms with Crippen LogP contribution in [0.15, 0.2) is 28.4 Å². The molecule has 0 aliphatic heterocycles. The SMILES string of the molecule is COC(=O)c1cc(Cl)cc(Br)c1NC=C(C#N)C#N. The fourth-order valence-electron chi connectivity index (χ4n) is 1.23. The molecule has 96 valence electrons. The lowest BCUT2D eigenvalue weighted by Gasteiger charge is -2.10. The van der Waals surface area contributed by atoms with Crippen LogP contribution in [0.25, 0.3) is 0 Å². The second kappa shape index (κ2) is 6.79. The van der Waals surface area contributed by atoms with Gasteiger partial charge >= 0.3 is 5.97 Å². The molecule has 0 heterocycles. The average molecular weight is 341 g/mol. The molecular weight excluding hydrogens is 334 g/mol. The van der Waals surface area contributed by atoms with Gasteiger partial charge < -0.3 is 10.1 Å². The Morgan fingerprint density at radius 1 is 1.47 bits per heavy atom. The van der Waals surface area contributed by atoms with Gasteiger partial charge in [-0.3, -0.25) is 0 Å². The predicted molar refractivity (Wildman–Crippen MR) is 73.4 cm³/mol. The maximum Gasteiger partial charge on any atom is 0.340 e. The number of ether oxygens (including phenoxy) is 1. The van der Waals surface area contributed by atoms with Crippen LogP contribution >= 0.6 is 27.5 Å². The first-order valence-electron chi connectivity index (χ1n) is 4.87. The van der Waals surface area contributed by atoms with Gasteiger partial charge in [0.2, 0.25) is 0 Å². The number of carbonyl (C=O) groups is 1. The van der Waals surface area contributed by atoms with Crippen molar-refractivity contribution in [2.24, 2.45) is 0 Å². The van der Waals surface area contributed by atoms with E-state index in [0.29, 0.717) is 15.2 Å². The topological polar surface area (TPSA) is 85.9 Å². The lowest BCUT2D eigenvalue weighted by atomic mass is 10.1. The normalized spacial score (nSPS) is 8.89. The Kier molecular flexibility index (Phi) is 5.37. The molecule has 0 fully saturated rings. The Balaban J connectivity index is 3.28. The summed E-state index contributed by atoms with van der Waals surface area (Å²) >= 11 is 9.09. The van der Waals surface area contributed by atoms with E-state index in [9.17, 15) is 4.79 Å². The zero-order valence-electron chi connectivity index (χ0n) is 9.70. The molecule has 5 nitrogen and oxygen atoms in total. The van der Waals surface area contributed by atoms with Crippen LogP contribution in [0.3, 0.4) is 0 Å². The summed E-state index contributed by atoms with van der Waals surface area (Å²) in [5, 5.41) is 20.3. The molecule has 0 aromatic heterocycles. The summed E-state index contributed by atoms with van der Waals surface area (Å²) in [5.41, 5.74) is 0.422. The van der Waals surface area contributed by atoms with E-state index in [1.807, 2.05) is 0 Å². The molecule has 0 radical (unpaired) electrons. The third kappa shape index (κ3) is 3.72. The van der Waals surface area contributed by atoms with Gasteiger partial charge in [0.15, 0.2) is 0 Å². The van der Waals surface area contributed by atoms with Crippen molar-refractivity contribution in [1.82, 2.24) is 0 Å². The number of anilines is 1. The number of nitrogens with one attached hydrogen (secondary N) is 1. The summed E-state index contributed by atoms with van der Waals surface area (Å²) in [6.45, 7) is 0. The monoisotopic (exact) mass is 339 g/mol. The number of halogens is 2. The van der Waals surface area contributed by atoms with Gasteiger partial charge in [0.25, 0.3) is 0 Å². The number of hydrogen-bond acceptors (Lipinski definition) is 5. The molecule has 0 saturated heterocycles. The molecular formula is C12H7BrClN3O2. The van der Waals surface area contributed by atoms with E-state index in [2.05, 4.69) is 26.0 Å². The molecule has 1 rings (SSSR count). The zero-order valence-corrected chi connectivity index (χ0v) is 12.0. The molecule has 0 saturated carbocycles. The summed E-state index contributed by atoms with van der Waals surface area (Å²) in [7, 11) is 1.24. The number of benzene rings is 1. The molecule has 0 aliphatic carbocycles. The fourth-order valence-corrected chi connectivity index (χ4v) is 2.15. The summed E-state index contributed by atoms with van der Waals surface area (Å²) in [5.74, 6) is -0.588. The van der Waals surface area contributed by atoms with Gasteiger partial charge in [-0.25, -0.2) is 4.79 Å². The minimum Gasteiger partial charge on any atom is -0.465 e. The van der Waals surface area contributed by atoms with E-state index in [4.69, 9.17) is 22.1 Å². The van der Waals surface area contributed by atoms with Crippen molar-refractivity contribution in [1.29, 1.82) is 10.5 Å². The van der Waals surface area contributed by atoms with Crippen LogP contribution in [0.1, 0.15) is 10.4 Å². The number of allylic oxidation sites excluding steroid dienone is 1. The standard InChI is InChI=1S/C12H7BrClN3O2/c1-19-12(18)9-2-8(14)3-10(13)11(9)17-6-7(4-15)5-16/h2-3,6,17H,1H3. The number of esters is 1. The Hall–Kier alpha value is -2.02. The number of methoxy groups -OCH3 is 1. The van der Waals surface area contributed by atoms with Crippen LogP contribution in [0.4, 0.5) is 5.69 Å². The van der Waals surface area contributed by atoms with Crippen LogP contribution in [0.2, 0.25) is 5.02 Å². The third-order valence-electron chi connectivity index (χ3n) is 2.06. The van der Waals surface area contributed by atoms with E-state index >= 15 is 0 Å². The molecule has 1 N–H and O–H groups in total.